The smallest absolute Gasteiger partial charge is 0.307 e. The van der Waals surface area contributed by atoms with Gasteiger partial charge in [0.25, 0.3) is 11.2 Å². The van der Waals surface area contributed by atoms with Crippen LogP contribution in [-0.2, 0) is 35.5 Å². The molecule has 3 aromatic rings. The van der Waals surface area contributed by atoms with Crippen LogP contribution in [0.5, 0.6) is 0 Å². The van der Waals surface area contributed by atoms with Crippen molar-refractivity contribution in [2.75, 3.05) is 0 Å². The van der Waals surface area contributed by atoms with Crippen molar-refractivity contribution in [3.05, 3.63) is 67.1 Å². The van der Waals surface area contributed by atoms with Crippen LogP contribution in [0.25, 0.3) is 10.2 Å². The molecule has 0 saturated heterocycles. The fourth-order valence-electron chi connectivity index (χ4n) is 3.59. The predicted octanol–water partition coefficient (Wildman–Crippen LogP) is 3.38. The highest BCUT2D eigenvalue weighted by Gasteiger charge is 2.20. The fourth-order valence-corrected chi connectivity index (χ4v) is 4.81. The van der Waals surface area contributed by atoms with Gasteiger partial charge in [0.2, 0.25) is 0 Å². The van der Waals surface area contributed by atoms with Gasteiger partial charge in [0.15, 0.2) is 0 Å². The molecule has 0 N–H and O–H groups in total. The van der Waals surface area contributed by atoms with Crippen molar-refractivity contribution in [1.82, 2.24) is 9.55 Å². The summed E-state index contributed by atoms with van der Waals surface area (Å²) >= 11 is 1.59. The van der Waals surface area contributed by atoms with Gasteiger partial charge in [-0.05, 0) is 37.3 Å². The number of hydrogen-bond donors (Lipinski definition) is 0. The molecule has 0 spiro atoms. The number of aryl methyl sites for hydroxylation is 3. The summed E-state index contributed by atoms with van der Waals surface area (Å²) < 4.78 is 6.61. The summed E-state index contributed by atoms with van der Waals surface area (Å²) in [6.45, 7) is -0.0255. The summed E-state index contributed by atoms with van der Waals surface area (Å²) in [6, 6.07) is 6.12. The van der Waals surface area contributed by atoms with Crippen LogP contribution in [0.4, 0.5) is 5.69 Å². The van der Waals surface area contributed by atoms with Gasteiger partial charge in [-0.2, -0.15) is 0 Å². The van der Waals surface area contributed by atoms with Crippen molar-refractivity contribution in [2.24, 2.45) is 0 Å². The molecule has 0 radical (unpaired) electrons. The third-order valence-electron chi connectivity index (χ3n) is 5.08. The number of benzene rings is 1. The van der Waals surface area contributed by atoms with Gasteiger partial charge in [0.1, 0.15) is 11.4 Å². The Hall–Kier alpha value is -3.07. The topological polar surface area (TPSA) is 104 Å². The zero-order chi connectivity index (χ0) is 20.4. The van der Waals surface area contributed by atoms with Gasteiger partial charge in [0.05, 0.1) is 28.6 Å². The highest BCUT2D eigenvalue weighted by molar-refractivity contribution is 7.18. The molecule has 8 nitrogen and oxygen atoms in total. The number of rotatable bonds is 6. The van der Waals surface area contributed by atoms with E-state index in [-0.39, 0.29) is 30.8 Å². The first-order chi connectivity index (χ1) is 14.0. The Bertz CT molecular complexity index is 1150. The van der Waals surface area contributed by atoms with Gasteiger partial charge >= 0.3 is 5.97 Å². The van der Waals surface area contributed by atoms with Gasteiger partial charge in [-0.25, -0.2) is 4.98 Å². The van der Waals surface area contributed by atoms with E-state index in [0.717, 1.165) is 36.1 Å². The van der Waals surface area contributed by atoms with Crippen LogP contribution in [0.15, 0.2) is 35.4 Å². The molecule has 0 unspecified atom stereocenters. The van der Waals surface area contributed by atoms with Crippen molar-refractivity contribution in [3.63, 3.8) is 0 Å². The number of fused-ring (bicyclic) bond motifs is 3. The summed E-state index contributed by atoms with van der Waals surface area (Å²) in [5, 5.41) is 11.7. The zero-order valence-corrected chi connectivity index (χ0v) is 16.4. The predicted molar refractivity (Wildman–Crippen MR) is 108 cm³/mol. The Balaban J connectivity index is 1.43. The highest BCUT2D eigenvalue weighted by Crippen LogP contribution is 2.33. The Morgan fingerprint density at radius 3 is 2.90 bits per heavy atom. The zero-order valence-electron chi connectivity index (χ0n) is 15.6. The van der Waals surface area contributed by atoms with Crippen molar-refractivity contribution < 1.29 is 14.5 Å². The molecule has 2 heterocycles. The Labute approximate surface area is 169 Å². The van der Waals surface area contributed by atoms with Crippen LogP contribution in [0, 0.1) is 10.1 Å². The normalized spacial score (nSPS) is 13.2. The minimum Gasteiger partial charge on any atom is -0.460 e. The van der Waals surface area contributed by atoms with Gasteiger partial charge in [-0.15, -0.1) is 11.3 Å². The molecule has 29 heavy (non-hydrogen) atoms. The van der Waals surface area contributed by atoms with E-state index in [1.807, 2.05) is 0 Å². The number of nitro benzene ring substituents is 1. The molecule has 1 aliphatic carbocycles. The van der Waals surface area contributed by atoms with E-state index in [1.54, 1.807) is 29.5 Å². The van der Waals surface area contributed by atoms with Crippen LogP contribution in [0.2, 0.25) is 0 Å². The van der Waals surface area contributed by atoms with Gasteiger partial charge in [-0.1, -0.05) is 12.1 Å². The van der Waals surface area contributed by atoms with E-state index >= 15 is 0 Å². The SMILES string of the molecule is O=C(CCn1cnc2sc3c(c2c1=O)CCCC3)OCc1ccccc1[N+](=O)[O-]. The Morgan fingerprint density at radius 2 is 2.07 bits per heavy atom. The minimum atomic E-state index is -0.525. The molecule has 2 aromatic heterocycles. The van der Waals surface area contributed by atoms with Crippen molar-refractivity contribution in [3.8, 4) is 0 Å². The van der Waals surface area contributed by atoms with E-state index in [9.17, 15) is 19.7 Å². The lowest BCUT2D eigenvalue weighted by molar-refractivity contribution is -0.385. The number of carbonyl (C=O) groups is 1. The number of ether oxygens (including phenoxy) is 1. The van der Waals surface area contributed by atoms with Crippen LogP contribution in [0.1, 0.15) is 35.3 Å². The van der Waals surface area contributed by atoms with Crippen LogP contribution in [0.3, 0.4) is 0 Å². The molecule has 1 aromatic carbocycles. The maximum atomic E-state index is 12.9. The van der Waals surface area contributed by atoms with Gasteiger partial charge in [0, 0.05) is 17.5 Å². The third-order valence-corrected chi connectivity index (χ3v) is 6.28. The fraction of sp³-hybridized carbons (Fsp3) is 0.350. The number of esters is 1. The molecule has 9 heteroatoms. The maximum absolute atomic E-state index is 12.9. The van der Waals surface area contributed by atoms with Crippen molar-refractivity contribution in [1.29, 1.82) is 0 Å². The first-order valence-electron chi connectivity index (χ1n) is 9.42. The van der Waals surface area contributed by atoms with Crippen LogP contribution in [-0.4, -0.2) is 20.4 Å². The number of nitro groups is 1. The molecule has 0 saturated carbocycles. The molecular formula is C20H19N3O5S. The molecule has 0 bridgehead atoms. The van der Waals surface area contributed by atoms with Crippen LogP contribution >= 0.6 is 11.3 Å². The summed E-state index contributed by atoms with van der Waals surface area (Å²) in [6.07, 6.45) is 5.56. The molecule has 4 rings (SSSR count). The second-order valence-electron chi connectivity index (χ2n) is 6.93. The standard InChI is InChI=1S/C20H19N3O5S/c24-17(28-11-13-5-1-3-7-15(13)23(26)27)9-10-22-12-21-19-18(20(22)25)14-6-2-4-8-16(14)29-19/h1,3,5,7,12H,2,4,6,8-11H2. The third kappa shape index (κ3) is 3.91. The lowest BCUT2D eigenvalue weighted by Crippen LogP contribution is -2.23. The first kappa shape index (κ1) is 19.3. The van der Waals surface area contributed by atoms with Crippen molar-refractivity contribution >= 4 is 33.2 Å². The lowest BCUT2D eigenvalue weighted by atomic mass is 9.97. The second-order valence-corrected chi connectivity index (χ2v) is 8.01. The Morgan fingerprint density at radius 1 is 1.28 bits per heavy atom. The van der Waals surface area contributed by atoms with E-state index in [2.05, 4.69) is 4.98 Å². The van der Waals surface area contributed by atoms with Gasteiger partial charge < -0.3 is 4.74 Å². The molecule has 0 atom stereocenters. The monoisotopic (exact) mass is 413 g/mol. The summed E-state index contributed by atoms with van der Waals surface area (Å²) in [5.74, 6) is -0.525. The molecule has 150 valence electrons. The van der Waals surface area contributed by atoms with E-state index in [4.69, 9.17) is 4.74 Å². The van der Waals surface area contributed by atoms with E-state index in [0.29, 0.717) is 10.9 Å². The molecule has 1 aliphatic rings. The maximum Gasteiger partial charge on any atom is 0.307 e. The second kappa shape index (κ2) is 8.12. The summed E-state index contributed by atoms with van der Waals surface area (Å²) in [4.78, 5) is 41.9. The Kier molecular flexibility index (Phi) is 5.39. The number of nitrogens with zero attached hydrogens (tertiary/aromatic N) is 3. The van der Waals surface area contributed by atoms with Crippen molar-refractivity contribution in [2.45, 2.75) is 45.3 Å². The van der Waals surface area contributed by atoms with Crippen LogP contribution < -0.4 is 5.56 Å². The van der Waals surface area contributed by atoms with Gasteiger partial charge in [-0.3, -0.25) is 24.3 Å². The van der Waals surface area contributed by atoms with E-state index < -0.39 is 10.9 Å². The number of hydrogen-bond acceptors (Lipinski definition) is 7. The number of carbonyl (C=O) groups excluding carboxylic acids is 1. The molecular weight excluding hydrogens is 394 g/mol. The average Bonchev–Trinajstić information content (AvgIpc) is 3.11. The minimum absolute atomic E-state index is 0.0138. The summed E-state index contributed by atoms with van der Waals surface area (Å²) in [7, 11) is 0. The highest BCUT2D eigenvalue weighted by atomic mass is 32.1. The quantitative estimate of drug-likeness (QED) is 0.349. The van der Waals surface area contributed by atoms with E-state index in [1.165, 1.54) is 21.8 Å². The average molecular weight is 413 g/mol. The first-order valence-corrected chi connectivity index (χ1v) is 10.2. The lowest BCUT2D eigenvalue weighted by Gasteiger charge is -2.10. The number of para-hydroxylation sites is 1. The molecule has 0 amide bonds. The number of aromatic nitrogens is 2. The molecule has 0 aliphatic heterocycles. The number of thiophene rings is 1. The summed E-state index contributed by atoms with van der Waals surface area (Å²) in [5.41, 5.74) is 1.23. The molecule has 0 fully saturated rings. The largest absolute Gasteiger partial charge is 0.460 e.